The van der Waals surface area contributed by atoms with E-state index in [1.165, 1.54) is 0 Å². The first-order valence-corrected chi connectivity index (χ1v) is 6.07. The van der Waals surface area contributed by atoms with E-state index in [2.05, 4.69) is 5.10 Å². The number of nitrogens with zero attached hydrogens (tertiary/aromatic N) is 3. The fourth-order valence-electron chi connectivity index (χ4n) is 2.22. The van der Waals surface area contributed by atoms with Crippen LogP contribution in [0, 0.1) is 0 Å². The molecule has 0 N–H and O–H groups in total. The van der Waals surface area contributed by atoms with Crippen molar-refractivity contribution in [1.82, 2.24) is 14.7 Å². The van der Waals surface area contributed by atoms with Crippen molar-refractivity contribution in [2.45, 2.75) is 25.3 Å². The molecule has 1 amide bonds. The first-order chi connectivity index (χ1) is 8.31. The van der Waals surface area contributed by atoms with Crippen molar-refractivity contribution in [1.29, 1.82) is 0 Å². The molecule has 1 aromatic rings. The number of rotatable bonds is 4. The number of likely N-dealkylation sites (tertiary alicyclic amines) is 1. The van der Waals surface area contributed by atoms with Gasteiger partial charge in [-0.05, 0) is 18.9 Å². The van der Waals surface area contributed by atoms with Crippen molar-refractivity contribution in [2.24, 2.45) is 0 Å². The topological polar surface area (TPSA) is 47.4 Å². The first kappa shape index (κ1) is 12.1. The molecule has 0 radical (unpaired) electrons. The third kappa shape index (κ3) is 3.06. The van der Waals surface area contributed by atoms with Crippen LogP contribution >= 0.6 is 0 Å². The van der Waals surface area contributed by atoms with Crippen LogP contribution in [0.25, 0.3) is 0 Å². The van der Waals surface area contributed by atoms with Crippen molar-refractivity contribution >= 4 is 5.91 Å². The van der Waals surface area contributed by atoms with Crippen molar-refractivity contribution in [3.05, 3.63) is 18.5 Å². The molecule has 0 aliphatic carbocycles. The molecule has 2 heterocycles. The number of piperidine rings is 1. The molecule has 0 unspecified atom stereocenters. The molecule has 0 atom stereocenters. The highest BCUT2D eigenvalue weighted by molar-refractivity contribution is 5.76. The molecule has 1 aromatic heterocycles. The van der Waals surface area contributed by atoms with E-state index in [0.29, 0.717) is 19.1 Å². The second kappa shape index (κ2) is 5.82. The number of hydrogen-bond acceptors (Lipinski definition) is 3. The highest BCUT2D eigenvalue weighted by Crippen LogP contribution is 2.21. The van der Waals surface area contributed by atoms with Crippen LogP contribution in [0.2, 0.25) is 0 Å². The standard InChI is InChI=1S/C12H19N3O2/c1-17-10-5-12(16)14-8-3-11(4-9-14)15-7-2-6-13-15/h2,6-7,11H,3-5,8-10H2,1H3. The second-order valence-corrected chi connectivity index (χ2v) is 4.34. The highest BCUT2D eigenvalue weighted by Gasteiger charge is 2.23. The molecule has 94 valence electrons. The summed E-state index contributed by atoms with van der Waals surface area (Å²) in [7, 11) is 1.62. The van der Waals surface area contributed by atoms with Gasteiger partial charge in [-0.15, -0.1) is 0 Å². The van der Waals surface area contributed by atoms with Crippen molar-refractivity contribution in [2.75, 3.05) is 26.8 Å². The van der Waals surface area contributed by atoms with Crippen LogP contribution in [0.3, 0.4) is 0 Å². The summed E-state index contributed by atoms with van der Waals surface area (Å²) in [4.78, 5) is 13.7. The predicted octanol–water partition coefficient (Wildman–Crippen LogP) is 1.08. The van der Waals surface area contributed by atoms with Crippen LogP contribution in [0.5, 0.6) is 0 Å². The van der Waals surface area contributed by atoms with Crippen molar-refractivity contribution in [3.63, 3.8) is 0 Å². The summed E-state index contributed by atoms with van der Waals surface area (Å²) in [6, 6.07) is 2.38. The van der Waals surface area contributed by atoms with Gasteiger partial charge in [-0.2, -0.15) is 5.10 Å². The number of methoxy groups -OCH3 is 1. The van der Waals surface area contributed by atoms with Gasteiger partial charge >= 0.3 is 0 Å². The maximum absolute atomic E-state index is 11.8. The minimum absolute atomic E-state index is 0.200. The van der Waals surface area contributed by atoms with Gasteiger partial charge in [0.1, 0.15) is 0 Å². The van der Waals surface area contributed by atoms with Gasteiger partial charge in [-0.3, -0.25) is 9.48 Å². The van der Waals surface area contributed by atoms with Crippen LogP contribution in [0.4, 0.5) is 0 Å². The quantitative estimate of drug-likeness (QED) is 0.787. The average Bonchev–Trinajstić information content (AvgIpc) is 2.90. The number of carbonyl (C=O) groups excluding carboxylic acids is 1. The molecule has 1 aliphatic rings. The number of amides is 1. The fraction of sp³-hybridized carbons (Fsp3) is 0.667. The molecule has 5 nitrogen and oxygen atoms in total. The zero-order valence-corrected chi connectivity index (χ0v) is 10.2. The van der Waals surface area contributed by atoms with E-state index in [1.54, 1.807) is 13.3 Å². The van der Waals surface area contributed by atoms with Gasteiger partial charge in [-0.25, -0.2) is 0 Å². The predicted molar refractivity (Wildman–Crippen MR) is 63.6 cm³/mol. The van der Waals surface area contributed by atoms with Gasteiger partial charge in [-0.1, -0.05) is 0 Å². The number of ether oxygens (including phenoxy) is 1. The normalized spacial score (nSPS) is 17.4. The van der Waals surface area contributed by atoms with Gasteiger partial charge < -0.3 is 9.64 Å². The maximum atomic E-state index is 11.8. The molecule has 1 fully saturated rings. The van der Waals surface area contributed by atoms with Crippen LogP contribution in [-0.4, -0.2) is 47.4 Å². The minimum Gasteiger partial charge on any atom is -0.384 e. The van der Waals surface area contributed by atoms with E-state index in [4.69, 9.17) is 4.74 Å². The van der Waals surface area contributed by atoms with Crippen molar-refractivity contribution in [3.8, 4) is 0 Å². The van der Waals surface area contributed by atoms with Gasteiger partial charge in [0.05, 0.1) is 19.1 Å². The summed E-state index contributed by atoms with van der Waals surface area (Å²) in [5, 5.41) is 4.25. The molecule has 0 aromatic carbocycles. The van der Waals surface area contributed by atoms with Gasteiger partial charge in [0.2, 0.25) is 5.91 Å². The molecule has 1 aliphatic heterocycles. The molecule has 2 rings (SSSR count). The Morgan fingerprint density at radius 2 is 2.24 bits per heavy atom. The molecule has 0 bridgehead atoms. The smallest absolute Gasteiger partial charge is 0.224 e. The van der Waals surface area contributed by atoms with Crippen LogP contribution < -0.4 is 0 Å². The Morgan fingerprint density at radius 1 is 1.47 bits per heavy atom. The van der Waals surface area contributed by atoms with E-state index in [9.17, 15) is 4.79 Å². The Hall–Kier alpha value is -1.36. The summed E-state index contributed by atoms with van der Waals surface area (Å²) >= 11 is 0. The van der Waals surface area contributed by atoms with E-state index in [-0.39, 0.29) is 5.91 Å². The lowest BCUT2D eigenvalue weighted by molar-refractivity contribution is -0.133. The van der Waals surface area contributed by atoms with E-state index in [1.807, 2.05) is 21.8 Å². The zero-order chi connectivity index (χ0) is 12.1. The number of aromatic nitrogens is 2. The lowest BCUT2D eigenvalue weighted by Crippen LogP contribution is -2.39. The highest BCUT2D eigenvalue weighted by atomic mass is 16.5. The number of hydrogen-bond donors (Lipinski definition) is 0. The Kier molecular flexibility index (Phi) is 4.14. The Morgan fingerprint density at radius 3 is 2.82 bits per heavy atom. The van der Waals surface area contributed by atoms with Gasteiger partial charge in [0.15, 0.2) is 0 Å². The van der Waals surface area contributed by atoms with Crippen LogP contribution in [0.1, 0.15) is 25.3 Å². The molecular formula is C12H19N3O2. The fourth-order valence-corrected chi connectivity index (χ4v) is 2.22. The third-order valence-electron chi connectivity index (χ3n) is 3.24. The second-order valence-electron chi connectivity index (χ2n) is 4.34. The Bertz CT molecular complexity index is 343. The SMILES string of the molecule is COCCC(=O)N1CCC(n2cccn2)CC1. The minimum atomic E-state index is 0.200. The molecule has 1 saturated heterocycles. The zero-order valence-electron chi connectivity index (χ0n) is 10.2. The first-order valence-electron chi connectivity index (χ1n) is 6.07. The molecule has 5 heteroatoms. The maximum Gasteiger partial charge on any atom is 0.224 e. The lowest BCUT2D eigenvalue weighted by atomic mass is 10.1. The van der Waals surface area contributed by atoms with Crippen LogP contribution in [0.15, 0.2) is 18.5 Å². The molecule has 0 spiro atoms. The summed E-state index contributed by atoms with van der Waals surface area (Å²) in [5.74, 6) is 0.200. The monoisotopic (exact) mass is 237 g/mol. The van der Waals surface area contributed by atoms with Gasteiger partial charge in [0.25, 0.3) is 0 Å². The van der Waals surface area contributed by atoms with Crippen molar-refractivity contribution < 1.29 is 9.53 Å². The summed E-state index contributed by atoms with van der Waals surface area (Å²) in [6.45, 7) is 2.16. The summed E-state index contributed by atoms with van der Waals surface area (Å²) in [5.41, 5.74) is 0. The molecule has 17 heavy (non-hydrogen) atoms. The lowest BCUT2D eigenvalue weighted by Gasteiger charge is -2.32. The van der Waals surface area contributed by atoms with Gasteiger partial charge in [0, 0.05) is 32.6 Å². The van der Waals surface area contributed by atoms with E-state index in [0.717, 1.165) is 25.9 Å². The van der Waals surface area contributed by atoms with Crippen LogP contribution in [-0.2, 0) is 9.53 Å². The van der Waals surface area contributed by atoms with E-state index >= 15 is 0 Å². The molecular weight excluding hydrogens is 218 g/mol. The summed E-state index contributed by atoms with van der Waals surface area (Å²) in [6.07, 6.45) is 6.26. The Balaban J connectivity index is 1.80. The third-order valence-corrected chi connectivity index (χ3v) is 3.24. The van der Waals surface area contributed by atoms with E-state index < -0.39 is 0 Å². The Labute approximate surface area is 101 Å². The largest absolute Gasteiger partial charge is 0.384 e. The number of carbonyl (C=O) groups is 1. The summed E-state index contributed by atoms with van der Waals surface area (Å²) < 4.78 is 6.92. The average molecular weight is 237 g/mol. The molecule has 0 saturated carbocycles.